The van der Waals surface area contributed by atoms with Crippen LogP contribution < -0.4 is 5.32 Å². The lowest BCUT2D eigenvalue weighted by atomic mass is 10.1. The van der Waals surface area contributed by atoms with Crippen LogP contribution in [-0.2, 0) is 20.1 Å². The first-order valence-corrected chi connectivity index (χ1v) is 10.7. The van der Waals surface area contributed by atoms with Gasteiger partial charge in [0, 0.05) is 55.7 Å². The number of anilines is 2. The lowest BCUT2D eigenvalue weighted by Crippen LogP contribution is -2.39. The van der Waals surface area contributed by atoms with E-state index in [1.807, 2.05) is 66.0 Å². The molecule has 1 N–H and O–H groups in total. The standard InChI is InChI=1S/C23H22ClN7O/c1-15-12-25-23(27-20-6-7-26-29(20)2)28-21(15)17-11-19-22(32)31(9-8-30(19)14-17)13-16-4-3-5-18(24)10-16/h3-7,10-12,14H,8-9,13H2,1-2H3,(H,25,27,28). The summed E-state index contributed by atoms with van der Waals surface area (Å²) in [4.78, 5) is 24.1. The van der Waals surface area contributed by atoms with E-state index in [0.29, 0.717) is 29.8 Å². The number of hydrogen-bond acceptors (Lipinski definition) is 5. The maximum absolute atomic E-state index is 13.2. The number of nitrogens with one attached hydrogen (secondary N) is 1. The fourth-order valence-electron chi connectivity index (χ4n) is 3.91. The number of aryl methyl sites for hydroxylation is 2. The molecule has 9 heteroatoms. The Morgan fingerprint density at radius 3 is 2.84 bits per heavy atom. The molecule has 5 rings (SSSR count). The minimum Gasteiger partial charge on any atom is -0.341 e. The SMILES string of the molecule is Cc1cnc(Nc2ccnn2C)nc1-c1cc2n(c1)CCN(Cc1cccc(Cl)c1)C2=O. The number of carbonyl (C=O) groups excluding carboxylic acids is 1. The number of fused-ring (bicyclic) bond motifs is 1. The molecule has 8 nitrogen and oxygen atoms in total. The summed E-state index contributed by atoms with van der Waals surface area (Å²) >= 11 is 6.10. The Morgan fingerprint density at radius 1 is 1.19 bits per heavy atom. The zero-order valence-corrected chi connectivity index (χ0v) is 18.5. The highest BCUT2D eigenvalue weighted by atomic mass is 35.5. The predicted molar refractivity (Wildman–Crippen MR) is 123 cm³/mol. The second-order valence-electron chi connectivity index (χ2n) is 7.85. The second kappa shape index (κ2) is 8.12. The van der Waals surface area contributed by atoms with Crippen LogP contribution in [0.1, 0.15) is 21.6 Å². The number of aromatic nitrogens is 5. The zero-order valence-electron chi connectivity index (χ0n) is 17.8. The van der Waals surface area contributed by atoms with Crippen molar-refractivity contribution in [2.24, 2.45) is 7.05 Å². The normalized spacial score (nSPS) is 13.3. The van der Waals surface area contributed by atoms with E-state index in [1.165, 1.54) is 0 Å². The van der Waals surface area contributed by atoms with Crippen LogP contribution in [0, 0.1) is 6.92 Å². The number of rotatable bonds is 5. The first kappa shape index (κ1) is 20.3. The molecule has 1 amide bonds. The van der Waals surface area contributed by atoms with Crippen LogP contribution in [0.5, 0.6) is 0 Å². The molecule has 0 bridgehead atoms. The van der Waals surface area contributed by atoms with Gasteiger partial charge in [-0.2, -0.15) is 5.10 Å². The highest BCUT2D eigenvalue weighted by Crippen LogP contribution is 2.28. The van der Waals surface area contributed by atoms with Crippen LogP contribution in [0.15, 0.2) is 55.0 Å². The molecule has 1 aliphatic heterocycles. The third-order valence-electron chi connectivity index (χ3n) is 5.58. The molecule has 0 aliphatic carbocycles. The van der Waals surface area contributed by atoms with Crippen LogP contribution in [0.25, 0.3) is 11.3 Å². The first-order valence-electron chi connectivity index (χ1n) is 10.3. The molecule has 0 unspecified atom stereocenters. The van der Waals surface area contributed by atoms with E-state index in [0.717, 1.165) is 34.7 Å². The molecule has 4 heterocycles. The summed E-state index contributed by atoms with van der Waals surface area (Å²) in [7, 11) is 1.85. The molecular formula is C23H22ClN7O. The fraction of sp³-hybridized carbons (Fsp3) is 0.217. The first-order chi connectivity index (χ1) is 15.5. The third kappa shape index (κ3) is 3.85. The number of carbonyl (C=O) groups is 1. The van der Waals surface area contributed by atoms with Crippen LogP contribution in [0.4, 0.5) is 11.8 Å². The molecule has 0 saturated heterocycles. The van der Waals surface area contributed by atoms with E-state index >= 15 is 0 Å². The largest absolute Gasteiger partial charge is 0.341 e. The molecule has 0 saturated carbocycles. The van der Waals surface area contributed by atoms with E-state index in [-0.39, 0.29) is 5.91 Å². The van der Waals surface area contributed by atoms with Gasteiger partial charge in [-0.15, -0.1) is 0 Å². The zero-order chi connectivity index (χ0) is 22.2. The fourth-order valence-corrected chi connectivity index (χ4v) is 4.12. The van der Waals surface area contributed by atoms with Gasteiger partial charge in [-0.05, 0) is 36.2 Å². The van der Waals surface area contributed by atoms with Crippen molar-refractivity contribution in [1.29, 1.82) is 0 Å². The third-order valence-corrected chi connectivity index (χ3v) is 5.82. The highest BCUT2D eigenvalue weighted by molar-refractivity contribution is 6.30. The van der Waals surface area contributed by atoms with Gasteiger partial charge in [-0.25, -0.2) is 9.97 Å². The molecule has 1 aromatic carbocycles. The van der Waals surface area contributed by atoms with Gasteiger partial charge in [0.1, 0.15) is 11.5 Å². The van der Waals surface area contributed by atoms with Crippen molar-refractivity contribution in [2.75, 3.05) is 11.9 Å². The lowest BCUT2D eigenvalue weighted by Gasteiger charge is -2.28. The Balaban J connectivity index is 1.41. The molecule has 1 aliphatic rings. The van der Waals surface area contributed by atoms with Gasteiger partial charge in [0.25, 0.3) is 5.91 Å². The Hall–Kier alpha value is -3.65. The lowest BCUT2D eigenvalue weighted by molar-refractivity contribution is 0.0691. The van der Waals surface area contributed by atoms with Crippen molar-refractivity contribution in [2.45, 2.75) is 20.0 Å². The molecule has 0 fully saturated rings. The van der Waals surface area contributed by atoms with Crippen LogP contribution in [0.3, 0.4) is 0 Å². The summed E-state index contributed by atoms with van der Waals surface area (Å²) < 4.78 is 3.72. The van der Waals surface area contributed by atoms with Crippen LogP contribution >= 0.6 is 11.6 Å². The molecule has 32 heavy (non-hydrogen) atoms. The van der Waals surface area contributed by atoms with Gasteiger partial charge in [-0.1, -0.05) is 23.7 Å². The van der Waals surface area contributed by atoms with E-state index < -0.39 is 0 Å². The van der Waals surface area contributed by atoms with E-state index in [4.69, 9.17) is 16.6 Å². The summed E-state index contributed by atoms with van der Waals surface area (Å²) in [5.41, 5.74) is 4.30. The van der Waals surface area contributed by atoms with Crippen molar-refractivity contribution < 1.29 is 4.79 Å². The van der Waals surface area contributed by atoms with Crippen molar-refractivity contribution in [3.63, 3.8) is 0 Å². The van der Waals surface area contributed by atoms with Gasteiger partial charge < -0.3 is 14.8 Å². The summed E-state index contributed by atoms with van der Waals surface area (Å²) in [6.45, 7) is 3.87. The smallest absolute Gasteiger partial charge is 0.270 e. The van der Waals surface area contributed by atoms with Gasteiger partial charge in [0.05, 0.1) is 11.9 Å². The Morgan fingerprint density at radius 2 is 2.06 bits per heavy atom. The minimum absolute atomic E-state index is 0.00224. The Kier molecular flexibility index (Phi) is 5.14. The number of amides is 1. The molecule has 0 spiro atoms. The number of halogens is 1. The second-order valence-corrected chi connectivity index (χ2v) is 8.29. The van der Waals surface area contributed by atoms with Crippen molar-refractivity contribution in [3.05, 3.63) is 76.8 Å². The molecule has 0 radical (unpaired) electrons. The van der Waals surface area contributed by atoms with Crippen molar-refractivity contribution >= 4 is 29.3 Å². The van der Waals surface area contributed by atoms with Crippen molar-refractivity contribution in [3.8, 4) is 11.3 Å². The predicted octanol–water partition coefficient (Wildman–Crippen LogP) is 4.04. The summed E-state index contributed by atoms with van der Waals surface area (Å²) in [6.07, 6.45) is 5.48. The van der Waals surface area contributed by atoms with E-state index in [9.17, 15) is 4.79 Å². The molecule has 4 aromatic rings. The molecule has 162 valence electrons. The molecule has 3 aromatic heterocycles. The summed E-state index contributed by atoms with van der Waals surface area (Å²) in [6, 6.07) is 11.4. The maximum Gasteiger partial charge on any atom is 0.270 e. The molecular weight excluding hydrogens is 426 g/mol. The Labute approximate surface area is 190 Å². The number of hydrogen-bond donors (Lipinski definition) is 1. The highest BCUT2D eigenvalue weighted by Gasteiger charge is 2.26. The van der Waals surface area contributed by atoms with E-state index in [1.54, 1.807) is 17.1 Å². The number of benzene rings is 1. The monoisotopic (exact) mass is 447 g/mol. The Bertz CT molecular complexity index is 1310. The van der Waals surface area contributed by atoms with Gasteiger partial charge in [0.2, 0.25) is 5.95 Å². The van der Waals surface area contributed by atoms with Crippen molar-refractivity contribution in [1.82, 2.24) is 29.2 Å². The summed E-state index contributed by atoms with van der Waals surface area (Å²) in [5, 5.41) is 8.01. The van der Waals surface area contributed by atoms with Gasteiger partial charge in [-0.3, -0.25) is 9.48 Å². The van der Waals surface area contributed by atoms with Crippen LogP contribution in [0.2, 0.25) is 5.02 Å². The topological polar surface area (TPSA) is 80.9 Å². The average Bonchev–Trinajstić information content (AvgIpc) is 3.38. The average molecular weight is 448 g/mol. The van der Waals surface area contributed by atoms with Crippen LogP contribution in [-0.4, -0.2) is 41.7 Å². The quantitative estimate of drug-likeness (QED) is 0.499. The number of nitrogens with zero attached hydrogens (tertiary/aromatic N) is 6. The van der Waals surface area contributed by atoms with E-state index in [2.05, 4.69) is 15.4 Å². The van der Waals surface area contributed by atoms with Gasteiger partial charge >= 0.3 is 0 Å². The summed E-state index contributed by atoms with van der Waals surface area (Å²) in [5.74, 6) is 1.28. The maximum atomic E-state index is 13.2. The van der Waals surface area contributed by atoms with Gasteiger partial charge in [0.15, 0.2) is 0 Å². The minimum atomic E-state index is 0.00224. The molecule has 0 atom stereocenters.